The Morgan fingerprint density at radius 2 is 1.78 bits per heavy atom. The van der Waals surface area contributed by atoms with Crippen molar-refractivity contribution in [1.29, 1.82) is 0 Å². The fraction of sp³-hybridized carbons (Fsp3) is 0.111. The Morgan fingerprint density at radius 3 is 2.43 bits per heavy atom. The maximum Gasteiger partial charge on any atom is 0.335 e. The van der Waals surface area contributed by atoms with Crippen LogP contribution in [-0.2, 0) is 6.42 Å². The van der Waals surface area contributed by atoms with E-state index < -0.39 is 5.97 Å². The van der Waals surface area contributed by atoms with E-state index in [4.69, 9.17) is 0 Å². The second-order valence-corrected chi connectivity index (χ2v) is 5.14. The van der Waals surface area contributed by atoms with Gasteiger partial charge in [-0.25, -0.2) is 9.78 Å². The lowest BCUT2D eigenvalue weighted by molar-refractivity contribution is 0.0695. The monoisotopic (exact) mass is 328 g/mol. The third-order valence-electron chi connectivity index (χ3n) is 3.75. The summed E-state index contributed by atoms with van der Waals surface area (Å²) >= 11 is 0. The highest BCUT2D eigenvalue weighted by atomic mass is 35.5. The van der Waals surface area contributed by atoms with E-state index in [-0.39, 0.29) is 18.3 Å². The van der Waals surface area contributed by atoms with Crippen molar-refractivity contribution >= 4 is 18.4 Å². The quantitative estimate of drug-likeness (QED) is 0.746. The average Bonchev–Trinajstić information content (AvgIpc) is 3.06. The normalized spacial score (nSPS) is 11.5. The van der Waals surface area contributed by atoms with Gasteiger partial charge in [-0.3, -0.25) is 0 Å². The van der Waals surface area contributed by atoms with Gasteiger partial charge in [-0.15, -0.1) is 12.4 Å². The number of nitrogens with zero attached hydrogens (tertiary/aromatic N) is 1. The molecule has 0 fully saturated rings. The number of aromatic amines is 1. The Kier molecular flexibility index (Phi) is 5.55. The van der Waals surface area contributed by atoms with E-state index in [9.17, 15) is 9.90 Å². The average molecular weight is 329 g/mol. The third-order valence-corrected chi connectivity index (χ3v) is 3.75. The smallest absolute Gasteiger partial charge is 0.335 e. The highest BCUT2D eigenvalue weighted by Gasteiger charge is 2.21. The summed E-state index contributed by atoms with van der Waals surface area (Å²) < 4.78 is 0. The Hall–Kier alpha value is -2.59. The first-order valence-corrected chi connectivity index (χ1v) is 7.10. The van der Waals surface area contributed by atoms with Crippen LogP contribution in [0.3, 0.4) is 0 Å². The Bertz CT molecular complexity index is 758. The van der Waals surface area contributed by atoms with E-state index in [1.54, 1.807) is 24.7 Å². The minimum absolute atomic E-state index is 0. The maximum atomic E-state index is 11.5. The highest BCUT2D eigenvalue weighted by Crippen LogP contribution is 2.30. The first-order chi connectivity index (χ1) is 10.8. The van der Waals surface area contributed by atoms with Crippen LogP contribution in [0.1, 0.15) is 33.1 Å². The van der Waals surface area contributed by atoms with E-state index in [0.717, 1.165) is 16.8 Å². The SMILES string of the molecule is Cl.O=C(O)c1ccccc1C(Cc1cnc[nH]1)c1ccccc1. The number of carboxylic acid groups (broad SMARTS) is 1. The van der Waals surface area contributed by atoms with Crippen molar-refractivity contribution in [1.82, 2.24) is 9.97 Å². The van der Waals surface area contributed by atoms with Crippen LogP contribution in [0.4, 0.5) is 0 Å². The van der Waals surface area contributed by atoms with Crippen molar-refractivity contribution in [3.05, 3.63) is 89.5 Å². The molecule has 118 valence electrons. The molecular formula is C18H17ClN2O2. The number of carboxylic acids is 1. The number of H-pyrrole nitrogens is 1. The molecule has 0 amide bonds. The zero-order chi connectivity index (χ0) is 15.4. The van der Waals surface area contributed by atoms with Crippen LogP contribution in [0.5, 0.6) is 0 Å². The number of benzene rings is 2. The predicted molar refractivity (Wildman–Crippen MR) is 91.2 cm³/mol. The van der Waals surface area contributed by atoms with Crippen molar-refractivity contribution in [2.24, 2.45) is 0 Å². The summed E-state index contributed by atoms with van der Waals surface area (Å²) in [7, 11) is 0. The molecule has 3 rings (SSSR count). The number of hydrogen-bond donors (Lipinski definition) is 2. The maximum absolute atomic E-state index is 11.5. The minimum Gasteiger partial charge on any atom is -0.478 e. The summed E-state index contributed by atoms with van der Waals surface area (Å²) in [6, 6.07) is 17.1. The van der Waals surface area contributed by atoms with Gasteiger partial charge in [0.25, 0.3) is 0 Å². The van der Waals surface area contributed by atoms with Crippen LogP contribution < -0.4 is 0 Å². The van der Waals surface area contributed by atoms with Gasteiger partial charge in [-0.1, -0.05) is 48.5 Å². The summed E-state index contributed by atoms with van der Waals surface area (Å²) in [4.78, 5) is 18.7. The molecule has 2 aromatic carbocycles. The van der Waals surface area contributed by atoms with E-state index in [1.165, 1.54) is 0 Å². The van der Waals surface area contributed by atoms with Crippen molar-refractivity contribution in [2.45, 2.75) is 12.3 Å². The molecular weight excluding hydrogens is 312 g/mol. The van der Waals surface area contributed by atoms with Crippen LogP contribution >= 0.6 is 12.4 Å². The topological polar surface area (TPSA) is 66.0 Å². The molecule has 2 N–H and O–H groups in total. The van der Waals surface area contributed by atoms with E-state index in [2.05, 4.69) is 9.97 Å². The lowest BCUT2D eigenvalue weighted by atomic mass is 9.85. The molecule has 0 saturated carbocycles. The molecule has 0 spiro atoms. The van der Waals surface area contributed by atoms with Gasteiger partial charge < -0.3 is 10.1 Å². The first-order valence-electron chi connectivity index (χ1n) is 7.10. The molecule has 0 aliphatic rings. The van der Waals surface area contributed by atoms with Gasteiger partial charge in [-0.2, -0.15) is 0 Å². The third kappa shape index (κ3) is 3.79. The van der Waals surface area contributed by atoms with Gasteiger partial charge in [0.2, 0.25) is 0 Å². The second kappa shape index (κ2) is 7.61. The van der Waals surface area contributed by atoms with Crippen molar-refractivity contribution in [2.75, 3.05) is 0 Å². The zero-order valence-electron chi connectivity index (χ0n) is 12.3. The van der Waals surface area contributed by atoms with Gasteiger partial charge in [-0.05, 0) is 23.6 Å². The summed E-state index contributed by atoms with van der Waals surface area (Å²) in [5.41, 5.74) is 3.23. The van der Waals surface area contributed by atoms with E-state index >= 15 is 0 Å². The summed E-state index contributed by atoms with van der Waals surface area (Å²) in [5.74, 6) is -0.935. The lowest BCUT2D eigenvalue weighted by Gasteiger charge is -2.19. The number of nitrogens with one attached hydrogen (secondary N) is 1. The summed E-state index contributed by atoms with van der Waals surface area (Å²) in [6.07, 6.45) is 4.09. The molecule has 0 bridgehead atoms. The molecule has 23 heavy (non-hydrogen) atoms. The van der Waals surface area contributed by atoms with Crippen LogP contribution in [0.25, 0.3) is 0 Å². The molecule has 5 heteroatoms. The van der Waals surface area contributed by atoms with Gasteiger partial charge in [0.15, 0.2) is 0 Å². The van der Waals surface area contributed by atoms with Crippen LogP contribution in [-0.4, -0.2) is 21.0 Å². The lowest BCUT2D eigenvalue weighted by Crippen LogP contribution is -2.11. The summed E-state index contributed by atoms with van der Waals surface area (Å²) in [5, 5.41) is 9.47. The number of imidazole rings is 1. The molecule has 0 aliphatic carbocycles. The predicted octanol–water partition coefficient (Wildman–Crippen LogP) is 3.90. The van der Waals surface area contributed by atoms with Crippen molar-refractivity contribution in [3.63, 3.8) is 0 Å². The molecule has 0 radical (unpaired) electrons. The van der Waals surface area contributed by atoms with E-state index in [0.29, 0.717) is 12.0 Å². The number of aromatic nitrogens is 2. The van der Waals surface area contributed by atoms with Crippen LogP contribution in [0.2, 0.25) is 0 Å². The van der Waals surface area contributed by atoms with Gasteiger partial charge >= 0.3 is 5.97 Å². The molecule has 1 unspecified atom stereocenters. The standard InChI is InChI=1S/C18H16N2O2.ClH/c21-18(22)16-9-5-4-8-15(16)17(10-14-11-19-12-20-14)13-6-2-1-3-7-13;/h1-9,11-12,17H,10H2,(H,19,20)(H,21,22);1H. The molecule has 4 nitrogen and oxygen atoms in total. The second-order valence-electron chi connectivity index (χ2n) is 5.14. The van der Waals surface area contributed by atoms with E-state index in [1.807, 2.05) is 42.5 Å². The number of hydrogen-bond acceptors (Lipinski definition) is 2. The van der Waals surface area contributed by atoms with Crippen molar-refractivity contribution < 1.29 is 9.90 Å². The highest BCUT2D eigenvalue weighted by molar-refractivity contribution is 5.89. The number of halogens is 1. The Balaban J connectivity index is 0.00000192. The van der Waals surface area contributed by atoms with Gasteiger partial charge in [0.1, 0.15) is 0 Å². The Labute approximate surface area is 140 Å². The molecule has 1 aromatic heterocycles. The fourth-order valence-corrected chi connectivity index (χ4v) is 2.70. The molecule has 3 aromatic rings. The van der Waals surface area contributed by atoms with Crippen LogP contribution in [0, 0.1) is 0 Å². The fourth-order valence-electron chi connectivity index (χ4n) is 2.70. The molecule has 0 aliphatic heterocycles. The number of aromatic carboxylic acids is 1. The number of rotatable bonds is 5. The molecule has 1 heterocycles. The van der Waals surface area contributed by atoms with Gasteiger partial charge in [0, 0.05) is 17.8 Å². The minimum atomic E-state index is -0.902. The zero-order valence-corrected chi connectivity index (χ0v) is 13.2. The van der Waals surface area contributed by atoms with Gasteiger partial charge in [0.05, 0.1) is 11.9 Å². The molecule has 0 saturated heterocycles. The largest absolute Gasteiger partial charge is 0.478 e. The number of carbonyl (C=O) groups is 1. The van der Waals surface area contributed by atoms with Crippen molar-refractivity contribution in [3.8, 4) is 0 Å². The molecule has 1 atom stereocenters. The Morgan fingerprint density at radius 1 is 1.09 bits per heavy atom. The first kappa shape index (κ1) is 16.8. The van der Waals surface area contributed by atoms with Crippen LogP contribution in [0.15, 0.2) is 67.1 Å². The summed E-state index contributed by atoms with van der Waals surface area (Å²) in [6.45, 7) is 0.